The van der Waals surface area contributed by atoms with Crippen molar-refractivity contribution in [2.75, 3.05) is 13.1 Å². The summed E-state index contributed by atoms with van der Waals surface area (Å²) in [6, 6.07) is 9.86. The molecule has 0 bridgehead atoms. The summed E-state index contributed by atoms with van der Waals surface area (Å²) >= 11 is 0. The fourth-order valence-corrected chi connectivity index (χ4v) is 2.04. The molecule has 5 nitrogen and oxygen atoms in total. The molecule has 0 spiro atoms. The van der Waals surface area contributed by atoms with Gasteiger partial charge in [-0.05, 0) is 32.4 Å². The lowest BCUT2D eigenvalue weighted by Crippen LogP contribution is -2.37. The normalized spacial score (nSPS) is 11.8. The molecule has 0 aliphatic rings. The minimum Gasteiger partial charge on any atom is -0.444 e. The van der Waals surface area contributed by atoms with Gasteiger partial charge in [0.25, 0.3) is 0 Å². The van der Waals surface area contributed by atoms with Crippen molar-refractivity contribution < 1.29 is 4.42 Å². The lowest BCUT2D eigenvalue weighted by Gasteiger charge is -2.09. The van der Waals surface area contributed by atoms with Crippen molar-refractivity contribution in [3.05, 3.63) is 54.4 Å². The van der Waals surface area contributed by atoms with Gasteiger partial charge in [-0.3, -0.25) is 0 Å². The maximum absolute atomic E-state index is 5.53. The molecule has 2 rings (SSSR count). The van der Waals surface area contributed by atoms with Gasteiger partial charge in [-0.2, -0.15) is 0 Å². The third kappa shape index (κ3) is 5.62. The molecule has 0 fully saturated rings. The van der Waals surface area contributed by atoms with Crippen molar-refractivity contribution in [2.45, 2.75) is 26.8 Å². The molecule has 122 valence electrons. The summed E-state index contributed by atoms with van der Waals surface area (Å²) in [7, 11) is 0. The predicted molar refractivity (Wildman–Crippen MR) is 94.2 cm³/mol. The van der Waals surface area contributed by atoms with Crippen molar-refractivity contribution in [1.29, 1.82) is 0 Å². The predicted octanol–water partition coefficient (Wildman–Crippen LogP) is 3.36. The van der Waals surface area contributed by atoms with E-state index < -0.39 is 0 Å². The Bertz CT molecular complexity index is 631. The fourth-order valence-electron chi connectivity index (χ4n) is 2.04. The summed E-state index contributed by atoms with van der Waals surface area (Å²) in [6.07, 6.45) is 6.81. The van der Waals surface area contributed by atoms with Crippen molar-refractivity contribution in [3.8, 4) is 11.5 Å². The van der Waals surface area contributed by atoms with Crippen LogP contribution in [-0.4, -0.2) is 24.0 Å². The first-order chi connectivity index (χ1) is 11.3. The highest BCUT2D eigenvalue weighted by molar-refractivity contribution is 5.79. The van der Waals surface area contributed by atoms with Crippen LogP contribution in [0.3, 0.4) is 0 Å². The first-order valence-corrected chi connectivity index (χ1v) is 7.96. The van der Waals surface area contributed by atoms with E-state index in [1.54, 1.807) is 6.26 Å². The molecule has 1 aromatic heterocycles. The Hall–Kier alpha value is -2.56. The Morgan fingerprint density at radius 2 is 2.09 bits per heavy atom. The van der Waals surface area contributed by atoms with Crippen molar-refractivity contribution in [1.82, 2.24) is 15.6 Å². The molecule has 1 heterocycles. The van der Waals surface area contributed by atoms with Gasteiger partial charge in [0.1, 0.15) is 12.0 Å². The lowest BCUT2D eigenvalue weighted by molar-refractivity contribution is 0.572. The Balaban J connectivity index is 1.95. The van der Waals surface area contributed by atoms with Crippen LogP contribution in [0.4, 0.5) is 0 Å². The van der Waals surface area contributed by atoms with E-state index in [2.05, 4.69) is 26.7 Å². The first-order valence-electron chi connectivity index (χ1n) is 7.96. The lowest BCUT2D eigenvalue weighted by atomic mass is 10.2. The Morgan fingerprint density at radius 3 is 2.83 bits per heavy atom. The number of oxazole rings is 1. The number of guanidine groups is 1. The highest BCUT2D eigenvalue weighted by atomic mass is 16.3. The smallest absolute Gasteiger partial charge is 0.226 e. The molecule has 0 atom stereocenters. The summed E-state index contributed by atoms with van der Waals surface area (Å²) in [4.78, 5) is 9.02. The van der Waals surface area contributed by atoms with E-state index >= 15 is 0 Å². The van der Waals surface area contributed by atoms with E-state index in [4.69, 9.17) is 4.42 Å². The number of aliphatic imine (C=N–C) groups is 1. The number of rotatable bonds is 7. The minimum absolute atomic E-state index is 0.481. The molecular formula is C18H24N4O. The molecule has 0 saturated heterocycles. The van der Waals surface area contributed by atoms with E-state index in [0.29, 0.717) is 12.4 Å². The average molecular weight is 312 g/mol. The van der Waals surface area contributed by atoms with Gasteiger partial charge in [-0.25, -0.2) is 9.98 Å². The Kier molecular flexibility index (Phi) is 6.91. The molecule has 0 unspecified atom stereocenters. The molecule has 0 radical (unpaired) electrons. The molecule has 0 amide bonds. The summed E-state index contributed by atoms with van der Waals surface area (Å²) in [6.45, 7) is 6.23. The zero-order chi connectivity index (χ0) is 16.3. The Labute approximate surface area is 137 Å². The molecule has 5 heteroatoms. The van der Waals surface area contributed by atoms with Crippen LogP contribution in [0.1, 0.15) is 26.0 Å². The highest BCUT2D eigenvalue weighted by Crippen LogP contribution is 2.18. The van der Waals surface area contributed by atoms with Crippen LogP contribution in [0.5, 0.6) is 0 Å². The highest BCUT2D eigenvalue weighted by Gasteiger charge is 2.06. The summed E-state index contributed by atoms with van der Waals surface area (Å²) in [5, 5.41) is 6.52. The summed E-state index contributed by atoms with van der Waals surface area (Å²) in [5.74, 6) is 1.42. The number of nitrogens with zero attached hydrogens (tertiary/aromatic N) is 2. The van der Waals surface area contributed by atoms with Gasteiger partial charge in [-0.1, -0.05) is 30.4 Å². The van der Waals surface area contributed by atoms with Gasteiger partial charge in [0, 0.05) is 18.7 Å². The molecule has 0 aliphatic carbocycles. The molecular weight excluding hydrogens is 288 g/mol. The van der Waals surface area contributed by atoms with Crippen LogP contribution in [0.25, 0.3) is 11.5 Å². The summed E-state index contributed by atoms with van der Waals surface area (Å²) in [5.41, 5.74) is 1.79. The number of aromatic nitrogens is 1. The first kappa shape index (κ1) is 16.8. The van der Waals surface area contributed by atoms with E-state index in [1.807, 2.05) is 50.3 Å². The van der Waals surface area contributed by atoms with Crippen molar-refractivity contribution in [2.24, 2.45) is 4.99 Å². The SMILES string of the molecule is C/C=C/CCNC(=NCc1coc(-c2ccccc2)n1)NCC. The number of hydrogen-bond acceptors (Lipinski definition) is 3. The van der Waals surface area contributed by atoms with E-state index in [0.717, 1.165) is 36.7 Å². The number of allylic oxidation sites excluding steroid dienone is 1. The van der Waals surface area contributed by atoms with Crippen LogP contribution < -0.4 is 10.6 Å². The zero-order valence-electron chi connectivity index (χ0n) is 13.7. The molecule has 23 heavy (non-hydrogen) atoms. The van der Waals surface area contributed by atoms with Crippen LogP contribution in [0, 0.1) is 0 Å². The van der Waals surface area contributed by atoms with E-state index in [9.17, 15) is 0 Å². The van der Waals surface area contributed by atoms with Crippen LogP contribution in [-0.2, 0) is 6.54 Å². The topological polar surface area (TPSA) is 62.5 Å². The van der Waals surface area contributed by atoms with Gasteiger partial charge in [-0.15, -0.1) is 0 Å². The maximum atomic E-state index is 5.53. The Morgan fingerprint density at radius 1 is 1.26 bits per heavy atom. The monoisotopic (exact) mass is 312 g/mol. The van der Waals surface area contributed by atoms with E-state index in [-0.39, 0.29) is 0 Å². The van der Waals surface area contributed by atoms with Crippen LogP contribution >= 0.6 is 0 Å². The molecule has 0 aliphatic heterocycles. The van der Waals surface area contributed by atoms with Gasteiger partial charge < -0.3 is 15.1 Å². The number of nitrogens with one attached hydrogen (secondary N) is 2. The molecule has 0 saturated carbocycles. The fraction of sp³-hybridized carbons (Fsp3) is 0.333. The van der Waals surface area contributed by atoms with Crippen molar-refractivity contribution in [3.63, 3.8) is 0 Å². The summed E-state index contributed by atoms with van der Waals surface area (Å²) < 4.78 is 5.53. The maximum Gasteiger partial charge on any atom is 0.226 e. The largest absolute Gasteiger partial charge is 0.444 e. The van der Waals surface area contributed by atoms with Crippen LogP contribution in [0.2, 0.25) is 0 Å². The van der Waals surface area contributed by atoms with Gasteiger partial charge in [0.05, 0.1) is 6.54 Å². The molecule has 1 aromatic carbocycles. The standard InChI is InChI=1S/C18H24N4O/c1-3-5-9-12-20-18(19-4-2)21-13-16-14-23-17(22-16)15-10-7-6-8-11-15/h3,5-8,10-11,14H,4,9,12-13H2,1-2H3,(H2,19,20,21)/b5-3+. The number of hydrogen-bond donors (Lipinski definition) is 2. The minimum atomic E-state index is 0.481. The quantitative estimate of drug-likeness (QED) is 0.356. The number of benzene rings is 1. The second-order valence-corrected chi connectivity index (χ2v) is 4.99. The van der Waals surface area contributed by atoms with Gasteiger partial charge in [0.15, 0.2) is 5.96 Å². The third-order valence-corrected chi connectivity index (χ3v) is 3.16. The van der Waals surface area contributed by atoms with E-state index in [1.165, 1.54) is 0 Å². The van der Waals surface area contributed by atoms with Gasteiger partial charge >= 0.3 is 0 Å². The van der Waals surface area contributed by atoms with Crippen LogP contribution in [0.15, 0.2) is 58.2 Å². The molecule has 2 N–H and O–H groups in total. The second-order valence-electron chi connectivity index (χ2n) is 4.99. The van der Waals surface area contributed by atoms with Gasteiger partial charge in [0.2, 0.25) is 5.89 Å². The third-order valence-electron chi connectivity index (χ3n) is 3.16. The van der Waals surface area contributed by atoms with Crippen molar-refractivity contribution >= 4 is 5.96 Å². The zero-order valence-corrected chi connectivity index (χ0v) is 13.7. The molecule has 2 aromatic rings. The second kappa shape index (κ2) is 9.46. The average Bonchev–Trinajstić information content (AvgIpc) is 3.06.